The van der Waals surface area contributed by atoms with E-state index in [1.165, 1.54) is 0 Å². The van der Waals surface area contributed by atoms with Gasteiger partial charge in [0.1, 0.15) is 0 Å². The van der Waals surface area contributed by atoms with Crippen molar-refractivity contribution in [2.75, 3.05) is 19.6 Å². The Bertz CT molecular complexity index is 185. The quantitative estimate of drug-likeness (QED) is 0.408. The highest BCUT2D eigenvalue weighted by Crippen LogP contribution is 1.98. The van der Waals surface area contributed by atoms with E-state index in [4.69, 9.17) is 16.6 Å². The predicted molar refractivity (Wildman–Crippen MR) is 61.3 cm³/mol. The van der Waals surface area contributed by atoms with Crippen LogP contribution in [0.15, 0.2) is 0 Å². The Morgan fingerprint density at radius 1 is 1.21 bits per heavy atom. The molecule has 0 spiro atoms. The summed E-state index contributed by atoms with van der Waals surface area (Å²) in [5.41, 5.74) is 5.78. The first-order chi connectivity index (χ1) is 6.60. The van der Waals surface area contributed by atoms with Crippen LogP contribution >= 0.6 is 0 Å². The minimum Gasteiger partial charge on any atom is -0.387 e. The third-order valence-corrected chi connectivity index (χ3v) is 2.25. The standard InChI is InChI=1S/C10H22N4/c1-3-14(4-2)7-5-6-9(11)8-10(12)13/h11H,3-8H2,1-2H3,(H3,12,13). The van der Waals surface area contributed by atoms with Crippen molar-refractivity contribution in [3.8, 4) is 0 Å². The first-order valence-electron chi connectivity index (χ1n) is 5.21. The molecule has 0 unspecified atom stereocenters. The molecule has 0 amide bonds. The van der Waals surface area contributed by atoms with E-state index in [-0.39, 0.29) is 5.84 Å². The minimum absolute atomic E-state index is 0.0952. The molecule has 0 aliphatic rings. The molecule has 0 saturated carbocycles. The SMILES string of the molecule is CCN(CC)CCCC(=N)CC(=N)N. The monoisotopic (exact) mass is 198 g/mol. The van der Waals surface area contributed by atoms with Crippen molar-refractivity contribution in [3.63, 3.8) is 0 Å². The van der Waals surface area contributed by atoms with Crippen LogP contribution in [0, 0.1) is 10.8 Å². The zero-order chi connectivity index (χ0) is 11.0. The van der Waals surface area contributed by atoms with Gasteiger partial charge in [-0.15, -0.1) is 0 Å². The summed E-state index contributed by atoms with van der Waals surface area (Å²) >= 11 is 0. The van der Waals surface area contributed by atoms with E-state index in [1.807, 2.05) is 0 Å². The van der Waals surface area contributed by atoms with Gasteiger partial charge in [-0.3, -0.25) is 5.41 Å². The summed E-state index contributed by atoms with van der Waals surface area (Å²) in [5.74, 6) is 0.0952. The van der Waals surface area contributed by atoms with Crippen molar-refractivity contribution in [1.82, 2.24) is 4.90 Å². The molecule has 4 N–H and O–H groups in total. The predicted octanol–water partition coefficient (Wildman–Crippen LogP) is 1.45. The van der Waals surface area contributed by atoms with Gasteiger partial charge >= 0.3 is 0 Å². The molecule has 0 heterocycles. The van der Waals surface area contributed by atoms with E-state index in [2.05, 4.69) is 18.7 Å². The van der Waals surface area contributed by atoms with Gasteiger partial charge in [-0.05, 0) is 32.5 Å². The van der Waals surface area contributed by atoms with Crippen molar-refractivity contribution in [1.29, 1.82) is 10.8 Å². The van der Waals surface area contributed by atoms with Gasteiger partial charge in [0.2, 0.25) is 0 Å². The number of nitrogens with zero attached hydrogens (tertiary/aromatic N) is 1. The van der Waals surface area contributed by atoms with E-state index in [9.17, 15) is 0 Å². The van der Waals surface area contributed by atoms with Gasteiger partial charge in [-0.1, -0.05) is 13.8 Å². The Labute approximate surface area is 86.5 Å². The van der Waals surface area contributed by atoms with Crippen molar-refractivity contribution < 1.29 is 0 Å². The highest BCUT2D eigenvalue weighted by molar-refractivity contribution is 5.99. The van der Waals surface area contributed by atoms with Crippen LogP contribution in [0.2, 0.25) is 0 Å². The molecule has 0 saturated heterocycles. The Morgan fingerprint density at radius 2 is 1.79 bits per heavy atom. The molecule has 0 aromatic rings. The van der Waals surface area contributed by atoms with Crippen LogP contribution in [0.3, 0.4) is 0 Å². The number of nitrogens with one attached hydrogen (secondary N) is 2. The lowest BCUT2D eigenvalue weighted by atomic mass is 10.1. The van der Waals surface area contributed by atoms with E-state index < -0.39 is 0 Å². The maximum absolute atomic E-state index is 7.54. The number of rotatable bonds is 8. The molecule has 0 bridgehead atoms. The molecule has 14 heavy (non-hydrogen) atoms. The molecule has 4 nitrogen and oxygen atoms in total. The molecule has 0 rings (SSSR count). The average Bonchev–Trinajstić information content (AvgIpc) is 2.11. The molecule has 82 valence electrons. The first kappa shape index (κ1) is 13.1. The largest absolute Gasteiger partial charge is 0.387 e. The van der Waals surface area contributed by atoms with Crippen LogP contribution < -0.4 is 5.73 Å². The molecule has 0 aromatic carbocycles. The van der Waals surface area contributed by atoms with Gasteiger partial charge in [-0.25, -0.2) is 0 Å². The summed E-state index contributed by atoms with van der Waals surface area (Å²) in [7, 11) is 0. The summed E-state index contributed by atoms with van der Waals surface area (Å²) < 4.78 is 0. The molecule has 0 aliphatic carbocycles. The second kappa shape index (κ2) is 7.50. The zero-order valence-electron chi connectivity index (χ0n) is 9.27. The number of nitrogens with two attached hydrogens (primary N) is 1. The van der Waals surface area contributed by atoms with Crippen LogP contribution in [0.25, 0.3) is 0 Å². The van der Waals surface area contributed by atoms with Crippen LogP contribution in [-0.2, 0) is 0 Å². The summed E-state index contributed by atoms with van der Waals surface area (Å²) in [6.07, 6.45) is 2.09. The molecule has 4 heteroatoms. The topological polar surface area (TPSA) is 77.0 Å². The molecule has 0 atom stereocenters. The van der Waals surface area contributed by atoms with Crippen molar-refractivity contribution in [3.05, 3.63) is 0 Å². The molecular formula is C10H22N4. The first-order valence-corrected chi connectivity index (χ1v) is 5.21. The maximum Gasteiger partial charge on any atom is 0.0962 e. The lowest BCUT2D eigenvalue weighted by molar-refractivity contribution is 0.302. The molecular weight excluding hydrogens is 176 g/mol. The van der Waals surface area contributed by atoms with Crippen molar-refractivity contribution in [2.24, 2.45) is 5.73 Å². The fraction of sp³-hybridized carbons (Fsp3) is 0.800. The summed E-state index contributed by atoms with van der Waals surface area (Å²) in [6.45, 7) is 7.45. The normalized spacial score (nSPS) is 10.5. The minimum atomic E-state index is 0.0952. The van der Waals surface area contributed by atoms with Gasteiger partial charge in [0, 0.05) is 12.1 Å². The summed E-state index contributed by atoms with van der Waals surface area (Å²) in [6, 6.07) is 0. The fourth-order valence-electron chi connectivity index (χ4n) is 1.37. The van der Waals surface area contributed by atoms with Gasteiger partial charge < -0.3 is 16.0 Å². The molecule has 0 aliphatic heterocycles. The van der Waals surface area contributed by atoms with Gasteiger partial charge in [-0.2, -0.15) is 0 Å². The zero-order valence-corrected chi connectivity index (χ0v) is 9.27. The van der Waals surface area contributed by atoms with E-state index in [0.29, 0.717) is 12.1 Å². The van der Waals surface area contributed by atoms with Crippen LogP contribution in [0.1, 0.15) is 33.1 Å². The lowest BCUT2D eigenvalue weighted by Crippen LogP contribution is -2.24. The van der Waals surface area contributed by atoms with Crippen LogP contribution in [-0.4, -0.2) is 36.1 Å². The highest BCUT2D eigenvalue weighted by Gasteiger charge is 2.02. The van der Waals surface area contributed by atoms with Crippen molar-refractivity contribution in [2.45, 2.75) is 33.1 Å². The lowest BCUT2D eigenvalue weighted by Gasteiger charge is -2.17. The number of hydrogen-bond acceptors (Lipinski definition) is 3. The van der Waals surface area contributed by atoms with E-state index in [0.717, 1.165) is 32.5 Å². The molecule has 0 aromatic heterocycles. The number of hydrogen-bond donors (Lipinski definition) is 3. The van der Waals surface area contributed by atoms with Crippen LogP contribution in [0.4, 0.5) is 0 Å². The third kappa shape index (κ3) is 6.60. The summed E-state index contributed by atoms with van der Waals surface area (Å²) in [5, 5.41) is 14.6. The molecule has 0 fully saturated rings. The Morgan fingerprint density at radius 3 is 2.21 bits per heavy atom. The summed E-state index contributed by atoms with van der Waals surface area (Å²) in [4.78, 5) is 2.33. The second-order valence-corrected chi connectivity index (χ2v) is 3.44. The maximum atomic E-state index is 7.54. The van der Waals surface area contributed by atoms with Crippen LogP contribution in [0.5, 0.6) is 0 Å². The Hall–Kier alpha value is -0.900. The van der Waals surface area contributed by atoms with Gasteiger partial charge in [0.05, 0.1) is 5.84 Å². The van der Waals surface area contributed by atoms with Gasteiger partial charge in [0.25, 0.3) is 0 Å². The van der Waals surface area contributed by atoms with E-state index >= 15 is 0 Å². The number of amidine groups is 1. The average molecular weight is 198 g/mol. The Kier molecular flexibility index (Phi) is 7.02. The van der Waals surface area contributed by atoms with E-state index in [1.54, 1.807) is 0 Å². The van der Waals surface area contributed by atoms with Gasteiger partial charge in [0.15, 0.2) is 0 Å². The van der Waals surface area contributed by atoms with Crippen molar-refractivity contribution >= 4 is 11.5 Å². The highest BCUT2D eigenvalue weighted by atomic mass is 15.1. The second-order valence-electron chi connectivity index (χ2n) is 3.44. The smallest absolute Gasteiger partial charge is 0.0962 e. The third-order valence-electron chi connectivity index (χ3n) is 2.25. The Balaban J connectivity index is 3.52. The molecule has 0 radical (unpaired) electrons. The fourth-order valence-corrected chi connectivity index (χ4v) is 1.37.